The summed E-state index contributed by atoms with van der Waals surface area (Å²) in [5.41, 5.74) is 2.19. The smallest absolute Gasteiger partial charge is 0.160 e. The minimum atomic E-state index is 0.736. The van der Waals surface area contributed by atoms with Crippen LogP contribution in [0.2, 0.25) is 0 Å². The first kappa shape index (κ1) is 11.1. The van der Waals surface area contributed by atoms with Crippen molar-refractivity contribution in [2.75, 3.05) is 19.0 Å². The van der Waals surface area contributed by atoms with E-state index in [-0.39, 0.29) is 0 Å². The molecular weight excluding hydrogens is 266 g/mol. The van der Waals surface area contributed by atoms with Crippen LogP contribution in [0.15, 0.2) is 41.1 Å². The average molecular weight is 278 g/mol. The number of halogens is 1. The van der Waals surface area contributed by atoms with Gasteiger partial charge in [0.1, 0.15) is 4.60 Å². The van der Waals surface area contributed by atoms with Gasteiger partial charge in [-0.25, -0.2) is 9.97 Å². The van der Waals surface area contributed by atoms with Gasteiger partial charge in [0.15, 0.2) is 5.82 Å². The van der Waals surface area contributed by atoms with Crippen molar-refractivity contribution in [3.63, 3.8) is 0 Å². The minimum absolute atomic E-state index is 0.736. The Kier molecular flexibility index (Phi) is 3.19. The Morgan fingerprint density at radius 2 is 1.75 bits per heavy atom. The normalized spacial score (nSPS) is 10.2. The summed E-state index contributed by atoms with van der Waals surface area (Å²) in [4.78, 5) is 10.6. The summed E-state index contributed by atoms with van der Waals surface area (Å²) < 4.78 is 0.800. The zero-order chi connectivity index (χ0) is 11.5. The molecule has 0 spiro atoms. The van der Waals surface area contributed by atoms with Crippen LogP contribution in [0.25, 0.3) is 11.4 Å². The van der Waals surface area contributed by atoms with Gasteiger partial charge in [0.05, 0.1) is 0 Å². The van der Waals surface area contributed by atoms with Gasteiger partial charge in [0.2, 0.25) is 0 Å². The molecule has 4 heteroatoms. The monoisotopic (exact) mass is 277 g/mol. The van der Waals surface area contributed by atoms with Gasteiger partial charge in [-0.05, 0) is 46.3 Å². The van der Waals surface area contributed by atoms with Gasteiger partial charge in [-0.2, -0.15) is 0 Å². The molecule has 0 N–H and O–H groups in total. The van der Waals surface area contributed by atoms with Crippen LogP contribution in [0, 0.1) is 0 Å². The molecule has 0 saturated carbocycles. The van der Waals surface area contributed by atoms with Crippen molar-refractivity contribution < 1.29 is 0 Å². The zero-order valence-corrected chi connectivity index (χ0v) is 10.8. The highest BCUT2D eigenvalue weighted by Crippen LogP contribution is 2.20. The number of rotatable bonds is 2. The van der Waals surface area contributed by atoms with Crippen LogP contribution in [0.5, 0.6) is 0 Å². The van der Waals surface area contributed by atoms with Gasteiger partial charge in [0.25, 0.3) is 0 Å². The summed E-state index contributed by atoms with van der Waals surface area (Å²) >= 11 is 3.34. The number of hydrogen-bond donors (Lipinski definition) is 0. The Morgan fingerprint density at radius 1 is 1.06 bits per heavy atom. The summed E-state index contributed by atoms with van der Waals surface area (Å²) in [5, 5.41) is 0. The minimum Gasteiger partial charge on any atom is -0.378 e. The Morgan fingerprint density at radius 3 is 2.31 bits per heavy atom. The molecule has 0 aliphatic carbocycles. The molecule has 1 aromatic heterocycles. The highest BCUT2D eigenvalue weighted by molar-refractivity contribution is 9.10. The Labute approximate surface area is 103 Å². The lowest BCUT2D eigenvalue weighted by Gasteiger charge is -2.12. The van der Waals surface area contributed by atoms with Gasteiger partial charge in [-0.1, -0.05) is 0 Å². The number of anilines is 1. The topological polar surface area (TPSA) is 29.0 Å². The first-order valence-electron chi connectivity index (χ1n) is 4.93. The van der Waals surface area contributed by atoms with Crippen LogP contribution in [-0.2, 0) is 0 Å². The van der Waals surface area contributed by atoms with E-state index in [4.69, 9.17) is 0 Å². The third kappa shape index (κ3) is 2.39. The van der Waals surface area contributed by atoms with Crippen LogP contribution in [0.4, 0.5) is 5.69 Å². The Hall–Kier alpha value is -1.42. The second kappa shape index (κ2) is 4.61. The fourth-order valence-corrected chi connectivity index (χ4v) is 1.67. The van der Waals surface area contributed by atoms with Crippen molar-refractivity contribution in [3.05, 3.63) is 41.1 Å². The van der Waals surface area contributed by atoms with E-state index in [1.54, 1.807) is 6.20 Å². The average Bonchev–Trinajstić information content (AvgIpc) is 2.29. The van der Waals surface area contributed by atoms with Gasteiger partial charge < -0.3 is 4.90 Å². The first-order valence-corrected chi connectivity index (χ1v) is 5.72. The van der Waals surface area contributed by atoms with Gasteiger partial charge in [0, 0.05) is 31.5 Å². The third-order valence-electron chi connectivity index (χ3n) is 2.26. The van der Waals surface area contributed by atoms with Crippen molar-refractivity contribution in [2.45, 2.75) is 0 Å². The molecule has 0 aliphatic heterocycles. The predicted octanol–water partition coefficient (Wildman–Crippen LogP) is 2.97. The first-order chi connectivity index (χ1) is 7.66. The van der Waals surface area contributed by atoms with Crippen molar-refractivity contribution >= 4 is 21.6 Å². The van der Waals surface area contributed by atoms with E-state index in [0.29, 0.717) is 0 Å². The second-order valence-corrected chi connectivity index (χ2v) is 4.46. The van der Waals surface area contributed by atoms with Crippen molar-refractivity contribution in [1.82, 2.24) is 9.97 Å². The molecule has 16 heavy (non-hydrogen) atoms. The van der Waals surface area contributed by atoms with E-state index < -0.39 is 0 Å². The fourth-order valence-electron chi connectivity index (χ4n) is 1.38. The summed E-state index contributed by atoms with van der Waals surface area (Å²) in [6, 6.07) is 9.98. The number of nitrogens with zero attached hydrogens (tertiary/aromatic N) is 3. The van der Waals surface area contributed by atoms with Gasteiger partial charge >= 0.3 is 0 Å². The maximum atomic E-state index is 4.31. The molecule has 0 bridgehead atoms. The van der Waals surface area contributed by atoms with E-state index in [9.17, 15) is 0 Å². The molecule has 82 valence electrons. The van der Waals surface area contributed by atoms with Gasteiger partial charge in [-0.3, -0.25) is 0 Å². The van der Waals surface area contributed by atoms with E-state index in [1.165, 1.54) is 5.69 Å². The Balaban J connectivity index is 2.35. The van der Waals surface area contributed by atoms with Crippen molar-refractivity contribution in [2.24, 2.45) is 0 Å². The highest BCUT2D eigenvalue weighted by Gasteiger charge is 2.02. The van der Waals surface area contributed by atoms with Crippen LogP contribution in [-0.4, -0.2) is 24.1 Å². The van der Waals surface area contributed by atoms with E-state index in [2.05, 4.69) is 42.9 Å². The van der Waals surface area contributed by atoms with Crippen LogP contribution < -0.4 is 4.90 Å². The number of aromatic nitrogens is 2. The lowest BCUT2D eigenvalue weighted by molar-refractivity contribution is 1.12. The molecule has 0 atom stereocenters. The summed E-state index contributed by atoms with van der Waals surface area (Å²) in [6.07, 6.45) is 1.74. The molecule has 0 unspecified atom stereocenters. The van der Waals surface area contributed by atoms with Crippen LogP contribution in [0.1, 0.15) is 0 Å². The fraction of sp³-hybridized carbons (Fsp3) is 0.167. The van der Waals surface area contributed by atoms with Gasteiger partial charge in [-0.15, -0.1) is 0 Å². The third-order valence-corrected chi connectivity index (χ3v) is 2.71. The predicted molar refractivity (Wildman–Crippen MR) is 69.5 cm³/mol. The molecule has 0 aliphatic rings. The number of benzene rings is 1. The molecular formula is C12H12BrN3. The quantitative estimate of drug-likeness (QED) is 0.791. The lowest BCUT2D eigenvalue weighted by atomic mass is 10.2. The molecule has 1 heterocycles. The molecule has 0 amide bonds. The lowest BCUT2D eigenvalue weighted by Crippen LogP contribution is -2.08. The second-order valence-electron chi connectivity index (χ2n) is 3.64. The standard InChI is InChI=1S/C12H12BrN3/c1-16(2)10-5-3-9(4-6-10)12-14-8-7-11(13)15-12/h3-8H,1-2H3. The SMILES string of the molecule is CN(C)c1ccc(-c2nccc(Br)n2)cc1. The molecule has 0 saturated heterocycles. The molecule has 0 fully saturated rings. The largest absolute Gasteiger partial charge is 0.378 e. The maximum Gasteiger partial charge on any atom is 0.160 e. The summed E-state index contributed by atoms with van der Waals surface area (Å²) in [5.74, 6) is 0.736. The van der Waals surface area contributed by atoms with E-state index in [0.717, 1.165) is 16.0 Å². The highest BCUT2D eigenvalue weighted by atomic mass is 79.9. The summed E-state index contributed by atoms with van der Waals surface area (Å²) in [7, 11) is 4.04. The van der Waals surface area contributed by atoms with Crippen molar-refractivity contribution in [3.8, 4) is 11.4 Å². The van der Waals surface area contributed by atoms with E-state index in [1.807, 2.05) is 32.3 Å². The molecule has 0 radical (unpaired) electrons. The Bertz CT molecular complexity index is 480. The molecule has 3 nitrogen and oxygen atoms in total. The molecule has 1 aromatic carbocycles. The maximum absolute atomic E-state index is 4.31. The van der Waals surface area contributed by atoms with Crippen LogP contribution in [0.3, 0.4) is 0 Å². The van der Waals surface area contributed by atoms with Crippen molar-refractivity contribution in [1.29, 1.82) is 0 Å². The number of hydrogen-bond acceptors (Lipinski definition) is 3. The molecule has 2 aromatic rings. The van der Waals surface area contributed by atoms with E-state index >= 15 is 0 Å². The molecule has 2 rings (SSSR count). The van der Waals surface area contributed by atoms with Crippen LogP contribution >= 0.6 is 15.9 Å². The zero-order valence-electron chi connectivity index (χ0n) is 9.18. The summed E-state index contributed by atoms with van der Waals surface area (Å²) in [6.45, 7) is 0.